The normalized spacial score (nSPS) is 14.8. The first kappa shape index (κ1) is 29.4. The van der Waals surface area contributed by atoms with Crippen molar-refractivity contribution in [3.8, 4) is 11.5 Å². The summed E-state index contributed by atoms with van der Waals surface area (Å²) in [5.41, 5.74) is 5.22. The van der Waals surface area contributed by atoms with E-state index in [0.29, 0.717) is 38.0 Å². The monoisotopic (exact) mass is 602 g/mol. The Bertz CT molecular complexity index is 1870. The van der Waals surface area contributed by atoms with Crippen LogP contribution in [0.5, 0.6) is 11.5 Å². The molecule has 0 amide bonds. The van der Waals surface area contributed by atoms with Crippen LogP contribution < -0.4 is 24.4 Å². The van der Waals surface area contributed by atoms with E-state index in [2.05, 4.69) is 4.99 Å². The van der Waals surface area contributed by atoms with E-state index in [9.17, 15) is 9.59 Å². The zero-order chi connectivity index (χ0) is 30.0. The predicted molar refractivity (Wildman–Crippen MR) is 165 cm³/mol. The number of hydrogen-bond acceptors (Lipinski definition) is 7. The molecular formula is C33H31ClN2O5S. The van der Waals surface area contributed by atoms with Gasteiger partial charge < -0.3 is 14.2 Å². The van der Waals surface area contributed by atoms with Crippen LogP contribution in [-0.4, -0.2) is 24.3 Å². The molecule has 1 unspecified atom stereocenters. The number of thiazole rings is 1. The molecule has 4 aromatic rings. The van der Waals surface area contributed by atoms with Crippen molar-refractivity contribution < 1.29 is 19.0 Å². The number of ether oxygens (including phenoxy) is 3. The quantitative estimate of drug-likeness (QED) is 0.243. The van der Waals surface area contributed by atoms with Crippen LogP contribution in [0.15, 0.2) is 81.7 Å². The zero-order valence-electron chi connectivity index (χ0n) is 24.1. The number of allylic oxidation sites excluding steroid dienone is 1. The molecule has 2 heterocycles. The smallest absolute Gasteiger partial charge is 0.338 e. The molecule has 0 bridgehead atoms. The van der Waals surface area contributed by atoms with Gasteiger partial charge in [0.15, 0.2) is 4.80 Å². The highest BCUT2D eigenvalue weighted by Gasteiger charge is 2.33. The summed E-state index contributed by atoms with van der Waals surface area (Å²) in [4.78, 5) is 32.1. The Kier molecular flexibility index (Phi) is 8.66. The van der Waals surface area contributed by atoms with Crippen molar-refractivity contribution in [1.82, 2.24) is 4.57 Å². The van der Waals surface area contributed by atoms with Gasteiger partial charge in [-0.05, 0) is 86.4 Å². The lowest BCUT2D eigenvalue weighted by molar-refractivity contribution is -0.139. The average Bonchev–Trinajstić information content (AvgIpc) is 3.27. The molecule has 5 rings (SSSR count). The number of halogens is 1. The van der Waals surface area contributed by atoms with Crippen LogP contribution in [0.1, 0.15) is 47.7 Å². The maximum absolute atomic E-state index is 13.9. The average molecular weight is 603 g/mol. The van der Waals surface area contributed by atoms with Crippen molar-refractivity contribution >= 4 is 35.0 Å². The van der Waals surface area contributed by atoms with Crippen LogP contribution in [0.4, 0.5) is 0 Å². The second-order valence-electron chi connectivity index (χ2n) is 9.91. The highest BCUT2D eigenvalue weighted by molar-refractivity contribution is 7.07. The number of nitrogens with zero attached hydrogens (tertiary/aromatic N) is 2. The van der Waals surface area contributed by atoms with E-state index in [1.807, 2.05) is 68.5 Å². The summed E-state index contributed by atoms with van der Waals surface area (Å²) in [6.07, 6.45) is 1.83. The Labute approximate surface area is 253 Å². The number of hydrogen-bond donors (Lipinski definition) is 0. The first-order valence-electron chi connectivity index (χ1n) is 13.5. The lowest BCUT2D eigenvalue weighted by atomic mass is 9.96. The van der Waals surface area contributed by atoms with E-state index >= 15 is 0 Å². The van der Waals surface area contributed by atoms with Crippen molar-refractivity contribution in [1.29, 1.82) is 0 Å². The second kappa shape index (κ2) is 12.4. The lowest BCUT2D eigenvalue weighted by Crippen LogP contribution is -2.39. The highest BCUT2D eigenvalue weighted by Crippen LogP contribution is 2.31. The van der Waals surface area contributed by atoms with Gasteiger partial charge in [-0.25, -0.2) is 9.79 Å². The molecule has 7 nitrogen and oxygen atoms in total. The molecule has 0 aliphatic carbocycles. The van der Waals surface area contributed by atoms with E-state index in [-0.39, 0.29) is 12.2 Å². The van der Waals surface area contributed by atoms with Gasteiger partial charge in [0.05, 0.1) is 35.6 Å². The molecule has 0 fully saturated rings. The van der Waals surface area contributed by atoms with Gasteiger partial charge >= 0.3 is 5.97 Å². The zero-order valence-corrected chi connectivity index (χ0v) is 25.6. The molecule has 42 heavy (non-hydrogen) atoms. The van der Waals surface area contributed by atoms with E-state index in [4.69, 9.17) is 25.8 Å². The molecule has 0 saturated carbocycles. The molecule has 0 spiro atoms. The summed E-state index contributed by atoms with van der Waals surface area (Å²) in [6.45, 7) is 8.10. The fraction of sp³-hybridized carbons (Fsp3) is 0.242. The van der Waals surface area contributed by atoms with Gasteiger partial charge in [-0.3, -0.25) is 9.36 Å². The SMILES string of the molecule is CCOC(=O)C1=C(C)N=c2s/c(=C/c3ccc(OC)c(COc4cccc(C)c4C)c3)c(=O)n2C1c1ccc(Cl)cc1. The second-order valence-corrected chi connectivity index (χ2v) is 11.4. The molecule has 1 atom stereocenters. The topological polar surface area (TPSA) is 79.1 Å². The van der Waals surface area contributed by atoms with E-state index in [1.165, 1.54) is 11.3 Å². The van der Waals surface area contributed by atoms with Crippen molar-refractivity contribution in [3.05, 3.63) is 124 Å². The third-order valence-electron chi connectivity index (χ3n) is 7.24. The molecule has 216 valence electrons. The van der Waals surface area contributed by atoms with E-state index in [0.717, 1.165) is 33.6 Å². The van der Waals surface area contributed by atoms with Crippen LogP contribution in [0.3, 0.4) is 0 Å². The summed E-state index contributed by atoms with van der Waals surface area (Å²) in [5.74, 6) is 0.999. The van der Waals surface area contributed by atoms with Crippen molar-refractivity contribution in [2.24, 2.45) is 4.99 Å². The molecule has 3 aromatic carbocycles. The largest absolute Gasteiger partial charge is 0.496 e. The van der Waals surface area contributed by atoms with Gasteiger partial charge in [0.1, 0.15) is 18.1 Å². The summed E-state index contributed by atoms with van der Waals surface area (Å²) in [5, 5.41) is 0.557. The minimum Gasteiger partial charge on any atom is -0.496 e. The number of benzene rings is 3. The van der Waals surface area contributed by atoms with Crippen LogP contribution in [-0.2, 0) is 16.1 Å². The third-order valence-corrected chi connectivity index (χ3v) is 8.48. The fourth-order valence-electron chi connectivity index (χ4n) is 4.94. The maximum atomic E-state index is 13.9. The number of methoxy groups -OCH3 is 1. The molecule has 1 aliphatic heterocycles. The van der Waals surface area contributed by atoms with Crippen LogP contribution >= 0.6 is 22.9 Å². The molecule has 1 aromatic heterocycles. The Morgan fingerprint density at radius 2 is 1.83 bits per heavy atom. The van der Waals surface area contributed by atoms with Gasteiger partial charge in [0.25, 0.3) is 5.56 Å². The number of carbonyl (C=O) groups excluding carboxylic acids is 1. The number of aromatic nitrogens is 1. The minimum absolute atomic E-state index is 0.209. The molecule has 1 aliphatic rings. The van der Waals surface area contributed by atoms with Gasteiger partial charge in [0.2, 0.25) is 0 Å². The maximum Gasteiger partial charge on any atom is 0.338 e. The Morgan fingerprint density at radius 1 is 1.07 bits per heavy atom. The summed E-state index contributed by atoms with van der Waals surface area (Å²) < 4.78 is 19.1. The van der Waals surface area contributed by atoms with Crippen molar-refractivity contribution in [3.63, 3.8) is 0 Å². The van der Waals surface area contributed by atoms with Crippen LogP contribution in [0, 0.1) is 13.8 Å². The number of aryl methyl sites for hydroxylation is 1. The Morgan fingerprint density at radius 3 is 2.55 bits per heavy atom. The highest BCUT2D eigenvalue weighted by atomic mass is 35.5. The van der Waals surface area contributed by atoms with Gasteiger partial charge in [0, 0.05) is 10.6 Å². The number of carbonyl (C=O) groups is 1. The standard InChI is InChI=1S/C33H31ClN2O5S/c1-6-40-32(38)29-21(4)35-33-36(30(29)23-11-13-25(34)14-12-23)31(37)28(42-33)17-22-10-15-27(39-5)24(16-22)18-41-26-9-7-8-19(2)20(26)3/h7-17,30H,6,18H2,1-5H3/b28-17+. The molecule has 0 N–H and O–H groups in total. The van der Waals surface area contributed by atoms with Gasteiger partial charge in [-0.1, -0.05) is 53.3 Å². The van der Waals surface area contributed by atoms with E-state index < -0.39 is 12.0 Å². The molecular weight excluding hydrogens is 572 g/mol. The predicted octanol–water partition coefficient (Wildman–Crippen LogP) is 5.66. The number of rotatable bonds is 8. The summed E-state index contributed by atoms with van der Waals surface area (Å²) in [6, 6.07) is 18.1. The molecule has 0 radical (unpaired) electrons. The number of fused-ring (bicyclic) bond motifs is 1. The van der Waals surface area contributed by atoms with Gasteiger partial charge in [-0.2, -0.15) is 0 Å². The fourth-order valence-corrected chi connectivity index (χ4v) is 6.11. The number of esters is 1. The van der Waals surface area contributed by atoms with Crippen LogP contribution in [0.2, 0.25) is 5.02 Å². The Balaban J connectivity index is 1.57. The molecule has 9 heteroatoms. The first-order valence-corrected chi connectivity index (χ1v) is 14.7. The molecule has 0 saturated heterocycles. The minimum atomic E-state index is -0.697. The summed E-state index contributed by atoms with van der Waals surface area (Å²) >= 11 is 7.42. The van der Waals surface area contributed by atoms with Crippen molar-refractivity contribution in [2.45, 2.75) is 40.3 Å². The summed E-state index contributed by atoms with van der Waals surface area (Å²) in [7, 11) is 1.62. The van der Waals surface area contributed by atoms with E-state index in [1.54, 1.807) is 37.7 Å². The van der Waals surface area contributed by atoms with Crippen molar-refractivity contribution in [2.75, 3.05) is 13.7 Å². The first-order chi connectivity index (χ1) is 20.2. The third kappa shape index (κ3) is 5.78. The van der Waals surface area contributed by atoms with Gasteiger partial charge in [-0.15, -0.1) is 0 Å². The lowest BCUT2D eigenvalue weighted by Gasteiger charge is -2.24. The van der Waals surface area contributed by atoms with Crippen LogP contribution in [0.25, 0.3) is 6.08 Å². The Hall–Kier alpha value is -4.14.